The zero-order chi connectivity index (χ0) is 15.0. The van der Waals surface area contributed by atoms with E-state index in [2.05, 4.69) is 34.0 Å². The molecular weight excluding hydrogens is 330 g/mol. The summed E-state index contributed by atoms with van der Waals surface area (Å²) in [5.41, 5.74) is 0.762. The van der Waals surface area contributed by atoms with Gasteiger partial charge in [0.1, 0.15) is 0 Å². The van der Waals surface area contributed by atoms with Crippen LogP contribution in [-0.2, 0) is 15.1 Å². The maximum absolute atomic E-state index is 13.1. The summed E-state index contributed by atoms with van der Waals surface area (Å²) in [6, 6.07) is 5.78. The quantitative estimate of drug-likeness (QED) is 0.577. The average molecular weight is 346 g/mol. The van der Waals surface area contributed by atoms with Gasteiger partial charge in [-0.2, -0.15) is 0 Å². The lowest BCUT2D eigenvalue weighted by Crippen LogP contribution is -2.46. The number of anilines is 1. The molecule has 2 unspecified atom stereocenters. The second kappa shape index (κ2) is 5.32. The first-order valence-electron chi connectivity index (χ1n) is 6.98. The third-order valence-electron chi connectivity index (χ3n) is 4.15. The molecule has 1 aromatic rings. The van der Waals surface area contributed by atoms with Gasteiger partial charge in [0, 0.05) is 16.0 Å². The molecule has 3 rings (SSSR count). The first kappa shape index (κ1) is 14.4. The fourth-order valence-corrected chi connectivity index (χ4v) is 3.83. The fourth-order valence-electron chi connectivity index (χ4n) is 3.18. The van der Waals surface area contributed by atoms with Crippen LogP contribution < -0.4 is 4.90 Å². The molecule has 0 fully saturated rings. The van der Waals surface area contributed by atoms with Crippen molar-refractivity contribution in [3.8, 4) is 12.3 Å². The highest BCUT2D eigenvalue weighted by Crippen LogP contribution is 2.51. The Hall–Kier alpha value is -1.57. The molecule has 0 aliphatic carbocycles. The minimum Gasteiger partial charge on any atom is -0.359 e. The van der Waals surface area contributed by atoms with Crippen molar-refractivity contribution in [1.29, 1.82) is 0 Å². The summed E-state index contributed by atoms with van der Waals surface area (Å²) in [5.74, 6) is 2.45. The van der Waals surface area contributed by atoms with Crippen molar-refractivity contribution >= 4 is 27.5 Å². The first-order chi connectivity index (χ1) is 10.1. The molecule has 21 heavy (non-hydrogen) atoms. The molecule has 2 aliphatic heterocycles. The molecule has 2 aliphatic rings. The highest BCUT2D eigenvalue weighted by atomic mass is 79.9. The number of carbonyl (C=O) groups is 1. The largest absolute Gasteiger partial charge is 0.359 e. The van der Waals surface area contributed by atoms with Crippen molar-refractivity contribution in [2.75, 3.05) is 18.1 Å². The van der Waals surface area contributed by atoms with E-state index in [9.17, 15) is 4.79 Å². The summed E-state index contributed by atoms with van der Waals surface area (Å²) in [4.78, 5) is 14.7. The second-order valence-electron chi connectivity index (χ2n) is 5.32. The minimum absolute atomic E-state index is 0.0484. The smallest absolute Gasteiger partial charge is 0.265 e. The molecule has 108 valence electrons. The summed E-state index contributed by atoms with van der Waals surface area (Å²) in [6.07, 6.45) is 10.4. The molecular formula is C17H16BrNO2. The van der Waals surface area contributed by atoms with Gasteiger partial charge in [-0.15, -0.1) is 6.42 Å². The van der Waals surface area contributed by atoms with Gasteiger partial charge in [-0.25, -0.2) is 0 Å². The Labute approximate surface area is 133 Å². The normalized spacial score (nSPS) is 27.6. The maximum Gasteiger partial charge on any atom is 0.265 e. The standard InChI is InChI=1S/C17H16BrNO2/c1-3-10-19-14-9-6-8-13(18)15(14)17(16(19)20)12(2)7-4-5-11-21-17/h1,4,6-9,12H,5,10-11H2,2H3. The Morgan fingerprint density at radius 2 is 2.38 bits per heavy atom. The Bertz CT molecular complexity index is 661. The SMILES string of the molecule is C#CCN1C(=O)C2(OCCC=CC2C)c2c(Br)cccc21. The molecule has 0 saturated heterocycles. The van der Waals surface area contributed by atoms with Crippen molar-refractivity contribution in [3.63, 3.8) is 0 Å². The lowest BCUT2D eigenvalue weighted by atomic mass is 9.83. The zero-order valence-electron chi connectivity index (χ0n) is 11.8. The van der Waals surface area contributed by atoms with E-state index >= 15 is 0 Å². The van der Waals surface area contributed by atoms with Crippen LogP contribution in [0.1, 0.15) is 18.9 Å². The van der Waals surface area contributed by atoms with Crippen molar-refractivity contribution in [3.05, 3.63) is 40.4 Å². The van der Waals surface area contributed by atoms with E-state index in [1.165, 1.54) is 0 Å². The molecule has 2 atom stereocenters. The minimum atomic E-state index is -0.973. The second-order valence-corrected chi connectivity index (χ2v) is 6.17. The van der Waals surface area contributed by atoms with Crippen LogP contribution in [-0.4, -0.2) is 19.1 Å². The molecule has 0 aromatic heterocycles. The molecule has 2 heterocycles. The number of halogens is 1. The first-order valence-corrected chi connectivity index (χ1v) is 7.77. The van der Waals surface area contributed by atoms with Crippen LogP contribution in [0.25, 0.3) is 0 Å². The molecule has 0 bridgehead atoms. The van der Waals surface area contributed by atoms with Crippen molar-refractivity contribution in [2.45, 2.75) is 18.9 Å². The number of hydrogen-bond acceptors (Lipinski definition) is 2. The lowest BCUT2D eigenvalue weighted by molar-refractivity contribution is -0.148. The van der Waals surface area contributed by atoms with Crippen molar-refractivity contribution < 1.29 is 9.53 Å². The third kappa shape index (κ3) is 1.96. The van der Waals surface area contributed by atoms with Gasteiger partial charge < -0.3 is 4.74 Å². The molecule has 0 radical (unpaired) electrons. The summed E-state index contributed by atoms with van der Waals surface area (Å²) in [6.45, 7) is 2.80. The monoisotopic (exact) mass is 345 g/mol. The number of amides is 1. The maximum atomic E-state index is 13.1. The molecule has 4 heteroatoms. The number of terminal acetylenes is 1. The van der Waals surface area contributed by atoms with Crippen LogP contribution in [0.15, 0.2) is 34.8 Å². The third-order valence-corrected chi connectivity index (χ3v) is 4.81. The highest BCUT2D eigenvalue weighted by Gasteiger charge is 2.56. The lowest BCUT2D eigenvalue weighted by Gasteiger charge is -2.32. The molecule has 0 saturated carbocycles. The Kier molecular flexibility index (Phi) is 3.64. The van der Waals surface area contributed by atoms with Gasteiger partial charge in [-0.05, 0) is 18.6 Å². The van der Waals surface area contributed by atoms with Crippen LogP contribution in [0.3, 0.4) is 0 Å². The van der Waals surface area contributed by atoms with Crippen LogP contribution in [0.5, 0.6) is 0 Å². The molecule has 1 amide bonds. The highest BCUT2D eigenvalue weighted by molar-refractivity contribution is 9.10. The van der Waals surface area contributed by atoms with E-state index in [1.54, 1.807) is 4.90 Å². The Morgan fingerprint density at radius 1 is 1.57 bits per heavy atom. The molecule has 3 nitrogen and oxygen atoms in total. The molecule has 1 spiro atoms. The fraction of sp³-hybridized carbons (Fsp3) is 0.353. The number of hydrogen-bond donors (Lipinski definition) is 0. The van der Waals surface area contributed by atoms with Crippen molar-refractivity contribution in [1.82, 2.24) is 0 Å². The van der Waals surface area contributed by atoms with Crippen LogP contribution in [0.2, 0.25) is 0 Å². The number of benzene rings is 1. The van der Waals surface area contributed by atoms with Gasteiger partial charge in [0.05, 0.1) is 18.8 Å². The number of ether oxygens (including phenoxy) is 1. The van der Waals surface area contributed by atoms with Gasteiger partial charge in [0.2, 0.25) is 0 Å². The topological polar surface area (TPSA) is 29.5 Å². The number of nitrogens with zero attached hydrogens (tertiary/aromatic N) is 1. The van der Waals surface area contributed by atoms with Gasteiger partial charge in [-0.1, -0.05) is 47.0 Å². The summed E-state index contributed by atoms with van der Waals surface area (Å²) >= 11 is 3.58. The number of carbonyl (C=O) groups excluding carboxylic acids is 1. The van der Waals surface area contributed by atoms with E-state index in [1.807, 2.05) is 25.1 Å². The summed E-state index contributed by atoms with van der Waals surface area (Å²) in [5, 5.41) is 0. The van der Waals surface area contributed by atoms with Crippen molar-refractivity contribution in [2.24, 2.45) is 5.92 Å². The van der Waals surface area contributed by atoms with E-state index in [0.717, 1.165) is 22.1 Å². The van der Waals surface area contributed by atoms with E-state index in [0.29, 0.717) is 6.61 Å². The predicted octanol–water partition coefficient (Wildman–Crippen LogP) is 3.24. The van der Waals surface area contributed by atoms with Crippen LogP contribution in [0.4, 0.5) is 5.69 Å². The summed E-state index contributed by atoms with van der Waals surface area (Å²) in [7, 11) is 0. The van der Waals surface area contributed by atoms with Gasteiger partial charge in [0.25, 0.3) is 5.91 Å². The Morgan fingerprint density at radius 3 is 3.14 bits per heavy atom. The Balaban J connectivity index is 2.25. The number of rotatable bonds is 1. The average Bonchev–Trinajstić information content (AvgIpc) is 2.60. The summed E-state index contributed by atoms with van der Waals surface area (Å²) < 4.78 is 6.99. The van der Waals surface area contributed by atoms with Crippen LogP contribution >= 0.6 is 15.9 Å². The number of fused-ring (bicyclic) bond motifs is 2. The zero-order valence-corrected chi connectivity index (χ0v) is 13.4. The van der Waals surface area contributed by atoms with Gasteiger partial charge in [0.15, 0.2) is 5.60 Å². The molecule has 0 N–H and O–H groups in total. The molecule has 1 aromatic carbocycles. The van der Waals surface area contributed by atoms with Gasteiger partial charge >= 0.3 is 0 Å². The predicted molar refractivity (Wildman–Crippen MR) is 85.9 cm³/mol. The van der Waals surface area contributed by atoms with E-state index in [4.69, 9.17) is 11.2 Å². The van der Waals surface area contributed by atoms with E-state index in [-0.39, 0.29) is 18.4 Å². The van der Waals surface area contributed by atoms with E-state index < -0.39 is 5.60 Å². The van der Waals surface area contributed by atoms with Crippen LogP contribution in [0, 0.1) is 18.3 Å². The van der Waals surface area contributed by atoms with Gasteiger partial charge in [-0.3, -0.25) is 9.69 Å².